The van der Waals surface area contributed by atoms with Gasteiger partial charge in [-0.3, -0.25) is 0 Å². The van der Waals surface area contributed by atoms with Gasteiger partial charge in [0.2, 0.25) is 10.0 Å². The summed E-state index contributed by atoms with van der Waals surface area (Å²) in [6.45, 7) is 10.3. The van der Waals surface area contributed by atoms with Crippen LogP contribution in [0.25, 0.3) is 0 Å². The molecule has 0 atom stereocenters. The maximum Gasteiger partial charge on any atom is 0.214 e. The Balaban J connectivity index is 2.53. The van der Waals surface area contributed by atoms with Crippen LogP contribution in [0.2, 0.25) is 0 Å². The molecule has 0 unspecified atom stereocenters. The quantitative estimate of drug-likeness (QED) is 0.834. The van der Waals surface area contributed by atoms with E-state index in [0.29, 0.717) is 19.1 Å². The second-order valence-corrected chi connectivity index (χ2v) is 8.02. The van der Waals surface area contributed by atoms with E-state index in [1.807, 2.05) is 20.8 Å². The Bertz CT molecular complexity index is 325. The molecule has 0 amide bonds. The lowest BCUT2D eigenvalue weighted by molar-refractivity contribution is 0.288. The zero-order chi connectivity index (χ0) is 13.1. The average Bonchev–Trinajstić information content (AvgIpc) is 2.15. The Morgan fingerprint density at radius 3 is 2.18 bits per heavy atom. The number of nitrogens with zero attached hydrogens (tertiary/aromatic N) is 1. The second-order valence-electron chi connectivity index (χ2n) is 6.05. The van der Waals surface area contributed by atoms with E-state index in [2.05, 4.69) is 12.2 Å². The number of nitrogens with one attached hydrogen (secondary N) is 1. The summed E-state index contributed by atoms with van der Waals surface area (Å²) in [6, 6.07) is 0.487. The molecule has 0 radical (unpaired) electrons. The van der Waals surface area contributed by atoms with Gasteiger partial charge in [0.25, 0.3) is 0 Å². The summed E-state index contributed by atoms with van der Waals surface area (Å²) in [4.78, 5) is 0. The first kappa shape index (κ1) is 14.9. The van der Waals surface area contributed by atoms with Gasteiger partial charge >= 0.3 is 0 Å². The second kappa shape index (κ2) is 5.67. The summed E-state index contributed by atoms with van der Waals surface area (Å²) >= 11 is 0. The highest BCUT2D eigenvalue weighted by Gasteiger charge is 2.30. The van der Waals surface area contributed by atoms with Gasteiger partial charge < -0.3 is 5.32 Å². The van der Waals surface area contributed by atoms with Crippen molar-refractivity contribution in [3.63, 3.8) is 0 Å². The molecule has 0 saturated carbocycles. The first-order chi connectivity index (χ1) is 7.74. The van der Waals surface area contributed by atoms with Gasteiger partial charge in [-0.2, -0.15) is 0 Å². The van der Waals surface area contributed by atoms with E-state index in [9.17, 15) is 8.42 Å². The summed E-state index contributed by atoms with van der Waals surface area (Å²) in [6.07, 6.45) is 1.86. The van der Waals surface area contributed by atoms with Gasteiger partial charge in [-0.05, 0) is 24.8 Å². The van der Waals surface area contributed by atoms with E-state index < -0.39 is 10.0 Å². The summed E-state index contributed by atoms with van der Waals surface area (Å²) in [7, 11) is -3.07. The van der Waals surface area contributed by atoms with Crippen molar-refractivity contribution >= 4 is 10.0 Å². The van der Waals surface area contributed by atoms with Gasteiger partial charge in [-0.1, -0.05) is 27.7 Å². The maximum atomic E-state index is 12.2. The van der Waals surface area contributed by atoms with E-state index in [-0.39, 0.29) is 11.2 Å². The monoisotopic (exact) mass is 262 g/mol. The van der Waals surface area contributed by atoms with Gasteiger partial charge in [0.15, 0.2) is 0 Å². The molecule has 0 aromatic rings. The lowest BCUT2D eigenvalue weighted by atomic mass is 10.0. The molecule has 1 heterocycles. The Labute approximate surface area is 106 Å². The van der Waals surface area contributed by atoms with Crippen molar-refractivity contribution in [3.05, 3.63) is 0 Å². The molecule has 1 rings (SSSR count). The third-order valence-corrected chi connectivity index (χ3v) is 5.34. The van der Waals surface area contributed by atoms with Gasteiger partial charge in [0.05, 0.1) is 5.75 Å². The minimum atomic E-state index is -3.07. The minimum Gasteiger partial charge on any atom is -0.314 e. The molecule has 0 aromatic heterocycles. The smallest absolute Gasteiger partial charge is 0.214 e. The van der Waals surface area contributed by atoms with E-state index in [1.165, 1.54) is 0 Å². The maximum absolute atomic E-state index is 12.2. The summed E-state index contributed by atoms with van der Waals surface area (Å²) in [5, 5.41) is 3.38. The zero-order valence-corrected chi connectivity index (χ0v) is 12.3. The highest BCUT2D eigenvalue weighted by Crippen LogP contribution is 2.21. The molecule has 1 fully saturated rings. The van der Waals surface area contributed by atoms with Crippen molar-refractivity contribution in [3.8, 4) is 0 Å². The molecule has 1 N–H and O–H groups in total. The number of rotatable bonds is 4. The average molecular weight is 262 g/mol. The summed E-state index contributed by atoms with van der Waals surface area (Å²) in [5.74, 6) is 0.242. The minimum absolute atomic E-state index is 0.169. The summed E-state index contributed by atoms with van der Waals surface area (Å²) < 4.78 is 26.0. The van der Waals surface area contributed by atoms with Crippen molar-refractivity contribution in [2.24, 2.45) is 5.41 Å². The highest BCUT2D eigenvalue weighted by molar-refractivity contribution is 7.89. The van der Waals surface area contributed by atoms with Crippen LogP contribution in [-0.4, -0.2) is 44.2 Å². The number of piperidine rings is 1. The van der Waals surface area contributed by atoms with E-state index >= 15 is 0 Å². The first-order valence-electron chi connectivity index (χ1n) is 6.46. The molecule has 1 aliphatic rings. The van der Waals surface area contributed by atoms with Crippen molar-refractivity contribution in [1.29, 1.82) is 0 Å². The predicted octanol–water partition coefficient (Wildman–Crippen LogP) is 1.44. The molecule has 102 valence electrons. The summed E-state index contributed by atoms with van der Waals surface area (Å²) in [5.41, 5.74) is -0.169. The number of hydrogen-bond donors (Lipinski definition) is 1. The van der Waals surface area contributed by atoms with Crippen molar-refractivity contribution in [1.82, 2.24) is 9.62 Å². The lowest BCUT2D eigenvalue weighted by Gasteiger charge is -2.33. The standard InChI is InChI=1S/C12H26N2O2S/c1-5-13-11-6-8-14(9-7-11)17(15,16)10-12(2,3)4/h11,13H,5-10H2,1-4H3. The molecular weight excluding hydrogens is 236 g/mol. The fourth-order valence-corrected chi connectivity index (χ4v) is 4.31. The van der Waals surface area contributed by atoms with Gasteiger partial charge in [-0.25, -0.2) is 12.7 Å². The van der Waals surface area contributed by atoms with Gasteiger partial charge in [-0.15, -0.1) is 0 Å². The molecular formula is C12H26N2O2S. The van der Waals surface area contributed by atoms with Crippen LogP contribution in [0.1, 0.15) is 40.5 Å². The number of hydrogen-bond acceptors (Lipinski definition) is 3. The normalized spacial score (nSPS) is 20.7. The molecule has 0 bridgehead atoms. The SMILES string of the molecule is CCNC1CCN(S(=O)(=O)CC(C)(C)C)CC1. The number of sulfonamides is 1. The largest absolute Gasteiger partial charge is 0.314 e. The molecule has 5 heteroatoms. The lowest BCUT2D eigenvalue weighted by Crippen LogP contribution is -2.46. The van der Waals surface area contributed by atoms with E-state index in [4.69, 9.17) is 0 Å². The van der Waals surface area contributed by atoms with Crippen LogP contribution < -0.4 is 5.32 Å². The predicted molar refractivity (Wildman–Crippen MR) is 71.5 cm³/mol. The molecule has 17 heavy (non-hydrogen) atoms. The van der Waals surface area contributed by atoms with Crippen molar-refractivity contribution in [2.75, 3.05) is 25.4 Å². The molecule has 0 aromatic carbocycles. The van der Waals surface area contributed by atoms with Crippen LogP contribution >= 0.6 is 0 Å². The fourth-order valence-electron chi connectivity index (χ4n) is 2.27. The van der Waals surface area contributed by atoms with Crippen molar-refractivity contribution in [2.45, 2.75) is 46.6 Å². The van der Waals surface area contributed by atoms with Crippen LogP contribution in [0.5, 0.6) is 0 Å². The van der Waals surface area contributed by atoms with Gasteiger partial charge in [0.1, 0.15) is 0 Å². The molecule has 1 aliphatic heterocycles. The zero-order valence-electron chi connectivity index (χ0n) is 11.5. The first-order valence-corrected chi connectivity index (χ1v) is 8.07. The van der Waals surface area contributed by atoms with E-state index in [1.54, 1.807) is 4.31 Å². The molecule has 1 saturated heterocycles. The van der Waals surface area contributed by atoms with Crippen molar-refractivity contribution < 1.29 is 8.42 Å². The topological polar surface area (TPSA) is 49.4 Å². The molecule has 0 aliphatic carbocycles. The van der Waals surface area contributed by atoms with Crippen LogP contribution in [0.4, 0.5) is 0 Å². The van der Waals surface area contributed by atoms with Crippen LogP contribution in [0.3, 0.4) is 0 Å². The fraction of sp³-hybridized carbons (Fsp3) is 1.00. The van der Waals surface area contributed by atoms with Crippen LogP contribution in [-0.2, 0) is 10.0 Å². The molecule has 4 nitrogen and oxygen atoms in total. The van der Waals surface area contributed by atoms with E-state index in [0.717, 1.165) is 19.4 Å². The van der Waals surface area contributed by atoms with Gasteiger partial charge in [0, 0.05) is 19.1 Å². The Hall–Kier alpha value is -0.130. The third-order valence-electron chi connectivity index (χ3n) is 2.96. The highest BCUT2D eigenvalue weighted by atomic mass is 32.2. The molecule has 0 spiro atoms. The van der Waals surface area contributed by atoms with Crippen LogP contribution in [0, 0.1) is 5.41 Å². The Morgan fingerprint density at radius 1 is 1.24 bits per heavy atom. The Kier molecular flexibility index (Phi) is 4.98. The third kappa shape index (κ3) is 4.94. The Morgan fingerprint density at radius 2 is 1.76 bits per heavy atom. The van der Waals surface area contributed by atoms with Crippen LogP contribution in [0.15, 0.2) is 0 Å².